The monoisotopic (exact) mass is 370 g/mol. The molecule has 0 bridgehead atoms. The summed E-state index contributed by atoms with van der Waals surface area (Å²) in [5, 5.41) is 19.5. The molecule has 8 nitrogen and oxygen atoms in total. The first-order valence-corrected chi connectivity index (χ1v) is 8.24. The van der Waals surface area contributed by atoms with Crippen molar-refractivity contribution in [3.8, 4) is 28.7 Å². The van der Waals surface area contributed by atoms with E-state index in [1.807, 2.05) is 0 Å². The predicted octanol–water partition coefficient (Wildman–Crippen LogP) is 2.00. The summed E-state index contributed by atoms with van der Waals surface area (Å²) in [6.45, 7) is -0.346. The maximum Gasteiger partial charge on any atom is 0.336 e. The molecule has 2 aromatic rings. The van der Waals surface area contributed by atoms with Crippen molar-refractivity contribution in [2.24, 2.45) is 0 Å². The highest BCUT2D eigenvalue weighted by Gasteiger charge is 2.37. The van der Waals surface area contributed by atoms with E-state index >= 15 is 0 Å². The molecule has 1 atom stereocenters. The number of carbonyl (C=O) groups is 1. The van der Waals surface area contributed by atoms with E-state index in [2.05, 4.69) is 0 Å². The van der Waals surface area contributed by atoms with Gasteiger partial charge in [0.05, 0.1) is 5.57 Å². The van der Waals surface area contributed by atoms with Gasteiger partial charge in [-0.2, -0.15) is 0 Å². The Morgan fingerprint density at radius 2 is 1.59 bits per heavy atom. The molecule has 2 N–H and O–H groups in total. The molecule has 0 spiro atoms. The summed E-state index contributed by atoms with van der Waals surface area (Å²) in [7, 11) is 0. The van der Waals surface area contributed by atoms with Crippen LogP contribution >= 0.6 is 0 Å². The molecule has 0 saturated heterocycles. The zero-order chi connectivity index (χ0) is 18.5. The molecular formula is C19H14O8. The van der Waals surface area contributed by atoms with Crippen molar-refractivity contribution >= 4 is 5.97 Å². The SMILES string of the molecule is O=C(O)C1=C(CO)Oc2cc3c(cc2C1c1ccc2c(c1)OCO2)OCO3. The number of hydrogen-bond acceptors (Lipinski definition) is 7. The van der Waals surface area contributed by atoms with Gasteiger partial charge in [-0.15, -0.1) is 0 Å². The largest absolute Gasteiger partial charge is 0.478 e. The Balaban J connectivity index is 1.73. The van der Waals surface area contributed by atoms with Gasteiger partial charge in [0, 0.05) is 17.5 Å². The summed E-state index contributed by atoms with van der Waals surface area (Å²) in [5.74, 6) is 0.695. The smallest absolute Gasteiger partial charge is 0.336 e. The second kappa shape index (κ2) is 5.82. The van der Waals surface area contributed by atoms with E-state index in [1.165, 1.54) is 0 Å². The predicted molar refractivity (Wildman–Crippen MR) is 89.3 cm³/mol. The normalized spacial score (nSPS) is 18.9. The molecule has 0 aliphatic carbocycles. The fourth-order valence-corrected chi connectivity index (χ4v) is 3.56. The van der Waals surface area contributed by atoms with E-state index < -0.39 is 18.5 Å². The second-order valence-corrected chi connectivity index (χ2v) is 6.19. The molecule has 3 heterocycles. The quantitative estimate of drug-likeness (QED) is 0.846. The molecule has 138 valence electrons. The summed E-state index contributed by atoms with van der Waals surface area (Å²) >= 11 is 0. The number of aliphatic carboxylic acids is 1. The minimum absolute atomic E-state index is 0.0171. The van der Waals surface area contributed by atoms with Crippen LogP contribution in [0.3, 0.4) is 0 Å². The first-order valence-electron chi connectivity index (χ1n) is 8.24. The second-order valence-electron chi connectivity index (χ2n) is 6.19. The van der Waals surface area contributed by atoms with Crippen LogP contribution in [0.25, 0.3) is 0 Å². The number of aliphatic hydroxyl groups excluding tert-OH is 1. The number of benzene rings is 2. The fraction of sp³-hybridized carbons (Fsp3) is 0.211. The highest BCUT2D eigenvalue weighted by atomic mass is 16.7. The first kappa shape index (κ1) is 15.8. The van der Waals surface area contributed by atoms with Crippen molar-refractivity contribution in [1.82, 2.24) is 0 Å². The topological polar surface area (TPSA) is 104 Å². The molecule has 0 radical (unpaired) electrons. The Morgan fingerprint density at radius 3 is 2.30 bits per heavy atom. The first-order chi connectivity index (χ1) is 13.2. The van der Waals surface area contributed by atoms with E-state index in [-0.39, 0.29) is 24.9 Å². The van der Waals surface area contributed by atoms with E-state index in [1.54, 1.807) is 30.3 Å². The summed E-state index contributed by atoms with van der Waals surface area (Å²) in [6, 6.07) is 8.61. The number of carboxylic acids is 1. The number of hydrogen-bond donors (Lipinski definition) is 2. The van der Waals surface area contributed by atoms with E-state index in [0.29, 0.717) is 39.9 Å². The Bertz CT molecular complexity index is 993. The minimum Gasteiger partial charge on any atom is -0.478 e. The molecule has 5 rings (SSSR count). The lowest BCUT2D eigenvalue weighted by atomic mass is 9.82. The van der Waals surface area contributed by atoms with Crippen molar-refractivity contribution in [3.05, 3.63) is 52.8 Å². The van der Waals surface area contributed by atoms with Gasteiger partial charge in [0.25, 0.3) is 0 Å². The van der Waals surface area contributed by atoms with Gasteiger partial charge >= 0.3 is 5.97 Å². The average Bonchev–Trinajstić information content (AvgIpc) is 3.32. The molecule has 0 amide bonds. The Hall–Kier alpha value is -3.39. The zero-order valence-corrected chi connectivity index (χ0v) is 13.9. The number of fused-ring (bicyclic) bond motifs is 3. The summed E-state index contributed by atoms with van der Waals surface area (Å²) in [6.07, 6.45) is 0. The third-order valence-corrected chi connectivity index (χ3v) is 4.74. The standard InChI is InChI=1S/C19H14O8/c20-6-16-18(19(21)22)17(9-1-2-11-13(3-9)24-7-23-11)10-4-14-15(26-8-25-14)5-12(10)27-16/h1-5,17,20H,6-8H2,(H,21,22). The average molecular weight is 370 g/mol. The number of rotatable bonds is 3. The molecule has 8 heteroatoms. The minimum atomic E-state index is -1.18. The molecule has 3 aliphatic heterocycles. The lowest BCUT2D eigenvalue weighted by molar-refractivity contribution is -0.133. The van der Waals surface area contributed by atoms with Crippen LogP contribution in [-0.4, -0.2) is 36.4 Å². The number of carboxylic acid groups (broad SMARTS) is 1. The maximum atomic E-state index is 12.0. The lowest BCUT2D eigenvalue weighted by Crippen LogP contribution is -2.23. The van der Waals surface area contributed by atoms with Crippen molar-refractivity contribution in [3.63, 3.8) is 0 Å². The van der Waals surface area contributed by atoms with Gasteiger partial charge in [-0.05, 0) is 23.8 Å². The van der Waals surface area contributed by atoms with Crippen LogP contribution in [0.5, 0.6) is 28.7 Å². The molecule has 27 heavy (non-hydrogen) atoms. The lowest BCUT2D eigenvalue weighted by Gasteiger charge is -2.29. The van der Waals surface area contributed by atoms with Crippen molar-refractivity contribution < 1.29 is 38.7 Å². The molecule has 0 fully saturated rings. The highest BCUT2D eigenvalue weighted by molar-refractivity contribution is 5.91. The van der Waals surface area contributed by atoms with Crippen LogP contribution in [0.2, 0.25) is 0 Å². The Morgan fingerprint density at radius 1 is 0.926 bits per heavy atom. The van der Waals surface area contributed by atoms with Crippen LogP contribution in [-0.2, 0) is 4.79 Å². The van der Waals surface area contributed by atoms with Gasteiger partial charge in [-0.3, -0.25) is 0 Å². The van der Waals surface area contributed by atoms with Crippen LogP contribution in [0.1, 0.15) is 17.0 Å². The van der Waals surface area contributed by atoms with Crippen LogP contribution in [0, 0.1) is 0 Å². The van der Waals surface area contributed by atoms with E-state index in [9.17, 15) is 15.0 Å². The maximum absolute atomic E-state index is 12.0. The van der Waals surface area contributed by atoms with E-state index in [4.69, 9.17) is 23.7 Å². The van der Waals surface area contributed by atoms with Crippen LogP contribution in [0.4, 0.5) is 0 Å². The van der Waals surface area contributed by atoms with Gasteiger partial charge in [0.1, 0.15) is 18.1 Å². The molecule has 1 unspecified atom stereocenters. The zero-order valence-electron chi connectivity index (χ0n) is 13.9. The third kappa shape index (κ3) is 2.37. The molecule has 0 aromatic heterocycles. The number of ether oxygens (including phenoxy) is 5. The highest BCUT2D eigenvalue weighted by Crippen LogP contribution is 2.49. The van der Waals surface area contributed by atoms with Gasteiger partial charge < -0.3 is 33.9 Å². The third-order valence-electron chi connectivity index (χ3n) is 4.74. The Labute approximate surface area is 153 Å². The summed E-state index contributed by atoms with van der Waals surface area (Å²) in [4.78, 5) is 12.0. The number of aliphatic hydroxyl groups is 1. The van der Waals surface area contributed by atoms with Crippen molar-refractivity contribution in [2.45, 2.75) is 5.92 Å². The van der Waals surface area contributed by atoms with Crippen LogP contribution in [0.15, 0.2) is 41.7 Å². The summed E-state index contributed by atoms with van der Waals surface area (Å²) in [5.41, 5.74) is 1.24. The summed E-state index contributed by atoms with van der Waals surface area (Å²) < 4.78 is 27.3. The van der Waals surface area contributed by atoms with Crippen LogP contribution < -0.4 is 23.7 Å². The fourth-order valence-electron chi connectivity index (χ4n) is 3.56. The van der Waals surface area contributed by atoms with Crippen molar-refractivity contribution in [1.29, 1.82) is 0 Å². The molecule has 0 saturated carbocycles. The van der Waals surface area contributed by atoms with Gasteiger partial charge in [0.2, 0.25) is 13.6 Å². The molecule has 2 aromatic carbocycles. The van der Waals surface area contributed by atoms with Gasteiger partial charge in [0.15, 0.2) is 23.0 Å². The van der Waals surface area contributed by atoms with Gasteiger partial charge in [-0.25, -0.2) is 4.79 Å². The van der Waals surface area contributed by atoms with Gasteiger partial charge in [-0.1, -0.05) is 6.07 Å². The van der Waals surface area contributed by atoms with Crippen molar-refractivity contribution in [2.75, 3.05) is 20.2 Å². The molecule has 3 aliphatic rings. The molecular weight excluding hydrogens is 356 g/mol. The van der Waals surface area contributed by atoms with E-state index in [0.717, 1.165) is 0 Å². The Kier molecular flexibility index (Phi) is 3.41.